The Morgan fingerprint density at radius 2 is 2.32 bits per heavy atom. The third-order valence-electron chi connectivity index (χ3n) is 2.23. The standard InChI is InChI=1S/C11H13N5O3/c1-2-3-19-9-5-13-4-8(14-9)16-6-7(12)10(15-16)11(17)18/h4-6H,2-3,12H2,1H3,(H,17,18). The molecule has 8 heteroatoms. The molecule has 2 heterocycles. The second-order valence-electron chi connectivity index (χ2n) is 3.75. The quantitative estimate of drug-likeness (QED) is 0.816. The first kappa shape index (κ1) is 12.8. The molecule has 19 heavy (non-hydrogen) atoms. The highest BCUT2D eigenvalue weighted by Gasteiger charge is 2.14. The Kier molecular flexibility index (Phi) is 3.60. The van der Waals surface area contributed by atoms with E-state index in [0.717, 1.165) is 6.42 Å². The smallest absolute Gasteiger partial charge is 0.358 e. The summed E-state index contributed by atoms with van der Waals surface area (Å²) in [4.78, 5) is 19.0. The number of anilines is 1. The first-order valence-electron chi connectivity index (χ1n) is 5.65. The Morgan fingerprint density at radius 1 is 1.53 bits per heavy atom. The molecule has 0 saturated heterocycles. The molecular formula is C11H13N5O3. The summed E-state index contributed by atoms with van der Waals surface area (Å²) >= 11 is 0. The van der Waals surface area contributed by atoms with Gasteiger partial charge in [-0.1, -0.05) is 6.92 Å². The van der Waals surface area contributed by atoms with Crippen molar-refractivity contribution < 1.29 is 14.6 Å². The summed E-state index contributed by atoms with van der Waals surface area (Å²) in [6, 6.07) is 0. The van der Waals surface area contributed by atoms with E-state index in [1.54, 1.807) is 0 Å². The van der Waals surface area contributed by atoms with Crippen molar-refractivity contribution in [2.75, 3.05) is 12.3 Å². The molecule has 0 aromatic carbocycles. The molecular weight excluding hydrogens is 250 g/mol. The lowest BCUT2D eigenvalue weighted by Gasteiger charge is -2.04. The Balaban J connectivity index is 2.31. The molecule has 0 radical (unpaired) electrons. The lowest BCUT2D eigenvalue weighted by atomic mass is 10.4. The van der Waals surface area contributed by atoms with Gasteiger partial charge >= 0.3 is 5.97 Å². The molecule has 0 aliphatic rings. The van der Waals surface area contributed by atoms with Crippen molar-refractivity contribution in [3.63, 3.8) is 0 Å². The van der Waals surface area contributed by atoms with Gasteiger partial charge in [-0.25, -0.2) is 9.48 Å². The number of aromatic nitrogens is 4. The first-order chi connectivity index (χ1) is 9.11. The molecule has 2 aromatic rings. The predicted molar refractivity (Wildman–Crippen MR) is 66.3 cm³/mol. The van der Waals surface area contributed by atoms with Crippen LogP contribution in [0.3, 0.4) is 0 Å². The first-order valence-corrected chi connectivity index (χ1v) is 5.65. The number of ether oxygens (including phenoxy) is 1. The van der Waals surface area contributed by atoms with Crippen LogP contribution in [-0.2, 0) is 0 Å². The summed E-state index contributed by atoms with van der Waals surface area (Å²) in [5.41, 5.74) is 5.40. The summed E-state index contributed by atoms with van der Waals surface area (Å²) in [7, 11) is 0. The number of nitrogens with two attached hydrogens (primary N) is 1. The fourth-order valence-electron chi connectivity index (χ4n) is 1.40. The monoisotopic (exact) mass is 263 g/mol. The summed E-state index contributed by atoms with van der Waals surface area (Å²) < 4.78 is 6.59. The Morgan fingerprint density at radius 3 is 2.95 bits per heavy atom. The molecule has 8 nitrogen and oxygen atoms in total. The molecule has 2 rings (SSSR count). The zero-order valence-corrected chi connectivity index (χ0v) is 10.3. The Bertz CT molecular complexity index is 596. The van der Waals surface area contributed by atoms with E-state index in [-0.39, 0.29) is 11.4 Å². The SMILES string of the molecule is CCCOc1cncc(-n2cc(N)c(C(=O)O)n2)n1. The van der Waals surface area contributed by atoms with Crippen molar-refractivity contribution in [1.82, 2.24) is 19.7 Å². The summed E-state index contributed by atoms with van der Waals surface area (Å²) in [6.07, 6.45) is 5.14. The van der Waals surface area contributed by atoms with E-state index in [2.05, 4.69) is 15.1 Å². The van der Waals surface area contributed by atoms with E-state index >= 15 is 0 Å². The molecule has 0 aliphatic carbocycles. The van der Waals surface area contributed by atoms with Gasteiger partial charge in [0.1, 0.15) is 0 Å². The minimum Gasteiger partial charge on any atom is -0.477 e. The average molecular weight is 263 g/mol. The molecule has 0 aliphatic heterocycles. The minimum atomic E-state index is -1.19. The van der Waals surface area contributed by atoms with Crippen LogP contribution in [-0.4, -0.2) is 37.4 Å². The van der Waals surface area contributed by atoms with Crippen LogP contribution in [0.2, 0.25) is 0 Å². The van der Waals surface area contributed by atoms with Crippen LogP contribution in [0.1, 0.15) is 23.8 Å². The highest BCUT2D eigenvalue weighted by atomic mass is 16.5. The molecule has 100 valence electrons. The van der Waals surface area contributed by atoms with Crippen molar-refractivity contribution in [2.24, 2.45) is 0 Å². The van der Waals surface area contributed by atoms with Crippen LogP contribution in [0, 0.1) is 0 Å². The second-order valence-corrected chi connectivity index (χ2v) is 3.75. The predicted octanol–water partition coefficient (Wildman–Crippen LogP) is 0.731. The normalized spacial score (nSPS) is 10.4. The van der Waals surface area contributed by atoms with Crippen LogP contribution in [0.25, 0.3) is 5.82 Å². The molecule has 0 atom stereocenters. The van der Waals surface area contributed by atoms with E-state index in [1.165, 1.54) is 23.3 Å². The number of aromatic carboxylic acids is 1. The van der Waals surface area contributed by atoms with Gasteiger partial charge in [-0.3, -0.25) is 4.98 Å². The lowest BCUT2D eigenvalue weighted by molar-refractivity contribution is 0.0691. The number of carboxylic acid groups (broad SMARTS) is 1. The van der Waals surface area contributed by atoms with Gasteiger partial charge in [0.2, 0.25) is 5.88 Å². The molecule has 0 bridgehead atoms. The fourth-order valence-corrected chi connectivity index (χ4v) is 1.40. The molecule has 2 aromatic heterocycles. The largest absolute Gasteiger partial charge is 0.477 e. The summed E-state index contributed by atoms with van der Waals surface area (Å²) in [5.74, 6) is -0.499. The molecule has 0 amide bonds. The molecule has 0 saturated carbocycles. The van der Waals surface area contributed by atoms with E-state index in [9.17, 15) is 4.79 Å². The van der Waals surface area contributed by atoms with Crippen LogP contribution in [0.4, 0.5) is 5.69 Å². The summed E-state index contributed by atoms with van der Waals surface area (Å²) in [5, 5.41) is 12.7. The van der Waals surface area contributed by atoms with Gasteiger partial charge in [-0.15, -0.1) is 0 Å². The maximum atomic E-state index is 10.9. The number of carbonyl (C=O) groups is 1. The zero-order chi connectivity index (χ0) is 13.8. The summed E-state index contributed by atoms with van der Waals surface area (Å²) in [6.45, 7) is 2.50. The van der Waals surface area contributed by atoms with Gasteiger partial charge in [0, 0.05) is 0 Å². The molecule has 3 N–H and O–H groups in total. The Hall–Kier alpha value is -2.64. The van der Waals surface area contributed by atoms with Gasteiger partial charge in [-0.2, -0.15) is 10.1 Å². The number of nitrogen functional groups attached to an aromatic ring is 1. The van der Waals surface area contributed by atoms with Gasteiger partial charge in [0.15, 0.2) is 11.5 Å². The maximum Gasteiger partial charge on any atom is 0.358 e. The molecule has 0 spiro atoms. The van der Waals surface area contributed by atoms with E-state index in [0.29, 0.717) is 18.3 Å². The highest BCUT2D eigenvalue weighted by molar-refractivity contribution is 5.91. The maximum absolute atomic E-state index is 10.9. The van der Waals surface area contributed by atoms with Crippen molar-refractivity contribution in [2.45, 2.75) is 13.3 Å². The van der Waals surface area contributed by atoms with Gasteiger partial charge < -0.3 is 15.6 Å². The third-order valence-corrected chi connectivity index (χ3v) is 2.23. The second kappa shape index (κ2) is 5.34. The lowest BCUT2D eigenvalue weighted by Crippen LogP contribution is -2.05. The van der Waals surface area contributed by atoms with E-state index < -0.39 is 5.97 Å². The van der Waals surface area contributed by atoms with E-state index in [4.69, 9.17) is 15.6 Å². The topological polar surface area (TPSA) is 116 Å². The average Bonchev–Trinajstić information content (AvgIpc) is 2.79. The molecule has 0 unspecified atom stereocenters. The van der Waals surface area contributed by atoms with Crippen LogP contribution in [0.15, 0.2) is 18.6 Å². The minimum absolute atomic E-state index is 0.0641. The number of hydrogen-bond acceptors (Lipinski definition) is 6. The fraction of sp³-hybridized carbons (Fsp3) is 0.273. The van der Waals surface area contributed by atoms with Crippen molar-refractivity contribution >= 4 is 11.7 Å². The van der Waals surface area contributed by atoms with Gasteiger partial charge in [0.05, 0.1) is 30.9 Å². The van der Waals surface area contributed by atoms with E-state index in [1.807, 2.05) is 6.92 Å². The third kappa shape index (κ3) is 2.79. The van der Waals surface area contributed by atoms with Crippen molar-refractivity contribution in [1.29, 1.82) is 0 Å². The van der Waals surface area contributed by atoms with Crippen molar-refractivity contribution in [3.8, 4) is 11.7 Å². The zero-order valence-electron chi connectivity index (χ0n) is 10.3. The number of nitrogens with zero attached hydrogens (tertiary/aromatic N) is 4. The Labute approximate surface area is 108 Å². The number of rotatable bonds is 5. The van der Waals surface area contributed by atoms with Gasteiger partial charge in [-0.05, 0) is 6.42 Å². The van der Waals surface area contributed by atoms with Gasteiger partial charge in [0.25, 0.3) is 0 Å². The van der Waals surface area contributed by atoms with Crippen molar-refractivity contribution in [3.05, 3.63) is 24.3 Å². The van der Waals surface area contributed by atoms with Crippen LogP contribution in [0.5, 0.6) is 5.88 Å². The highest BCUT2D eigenvalue weighted by Crippen LogP contribution is 2.14. The number of carboxylic acids is 1. The van der Waals surface area contributed by atoms with Crippen LogP contribution < -0.4 is 10.5 Å². The van der Waals surface area contributed by atoms with Crippen LogP contribution >= 0.6 is 0 Å². The molecule has 0 fully saturated rings. The number of hydrogen-bond donors (Lipinski definition) is 2.